The number of amides is 3. The summed E-state index contributed by atoms with van der Waals surface area (Å²) in [5.74, 6) is -0.0540. The predicted octanol–water partition coefficient (Wildman–Crippen LogP) is 3.44. The Morgan fingerprint density at radius 2 is 2.00 bits per heavy atom. The van der Waals surface area contributed by atoms with Crippen LogP contribution in [0.3, 0.4) is 0 Å². The molecular formula is C18H18ClN3O2. The summed E-state index contributed by atoms with van der Waals surface area (Å²) < 4.78 is 0. The van der Waals surface area contributed by atoms with Gasteiger partial charge in [0.05, 0.1) is 0 Å². The quantitative estimate of drug-likeness (QED) is 0.873. The first-order chi connectivity index (χ1) is 11.6. The fourth-order valence-corrected chi connectivity index (χ4v) is 2.83. The smallest absolute Gasteiger partial charge is 0.321 e. The van der Waals surface area contributed by atoms with Crippen molar-refractivity contribution in [1.82, 2.24) is 5.32 Å². The Labute approximate surface area is 145 Å². The molecule has 0 atom stereocenters. The fourth-order valence-electron chi connectivity index (χ4n) is 2.62. The van der Waals surface area contributed by atoms with Crippen molar-refractivity contribution < 1.29 is 9.59 Å². The van der Waals surface area contributed by atoms with E-state index in [2.05, 4.69) is 10.6 Å². The van der Waals surface area contributed by atoms with E-state index in [1.54, 1.807) is 17.0 Å². The molecule has 0 aromatic heterocycles. The van der Waals surface area contributed by atoms with Gasteiger partial charge >= 0.3 is 6.03 Å². The van der Waals surface area contributed by atoms with Crippen LogP contribution in [-0.2, 0) is 11.2 Å². The third-order valence-corrected chi connectivity index (χ3v) is 4.08. The van der Waals surface area contributed by atoms with Crippen LogP contribution in [0.5, 0.6) is 0 Å². The molecule has 0 bridgehead atoms. The van der Waals surface area contributed by atoms with Crippen molar-refractivity contribution in [3.8, 4) is 0 Å². The van der Waals surface area contributed by atoms with Crippen molar-refractivity contribution in [3.05, 3.63) is 59.1 Å². The zero-order chi connectivity index (χ0) is 16.9. The number of urea groups is 1. The predicted molar refractivity (Wildman–Crippen MR) is 95.6 cm³/mol. The lowest BCUT2D eigenvalue weighted by Crippen LogP contribution is -2.27. The second-order valence-electron chi connectivity index (χ2n) is 5.61. The number of anilines is 2. The third kappa shape index (κ3) is 4.06. The SMILES string of the molecule is O=C(CCc1cccc(Cl)c1)Nc1ccc(N2CCNC2=O)cc1. The van der Waals surface area contributed by atoms with Crippen LogP contribution in [-0.4, -0.2) is 25.0 Å². The summed E-state index contributed by atoms with van der Waals surface area (Å²) in [6.07, 6.45) is 1.02. The number of nitrogens with zero attached hydrogens (tertiary/aromatic N) is 1. The van der Waals surface area contributed by atoms with Gasteiger partial charge in [0.25, 0.3) is 0 Å². The van der Waals surface area contributed by atoms with E-state index in [1.807, 2.05) is 36.4 Å². The number of hydrogen-bond donors (Lipinski definition) is 2. The van der Waals surface area contributed by atoms with Crippen LogP contribution in [0.4, 0.5) is 16.2 Å². The molecule has 124 valence electrons. The zero-order valence-corrected chi connectivity index (χ0v) is 13.8. The lowest BCUT2D eigenvalue weighted by Gasteiger charge is -2.14. The van der Waals surface area contributed by atoms with E-state index in [0.29, 0.717) is 31.0 Å². The van der Waals surface area contributed by atoms with Gasteiger partial charge < -0.3 is 10.6 Å². The number of hydrogen-bond acceptors (Lipinski definition) is 2. The Morgan fingerprint density at radius 1 is 1.21 bits per heavy atom. The molecule has 3 amide bonds. The van der Waals surface area contributed by atoms with Gasteiger partial charge in [-0.15, -0.1) is 0 Å². The van der Waals surface area contributed by atoms with Crippen LogP contribution in [0.1, 0.15) is 12.0 Å². The normalized spacial score (nSPS) is 13.7. The van der Waals surface area contributed by atoms with Crippen LogP contribution < -0.4 is 15.5 Å². The fraction of sp³-hybridized carbons (Fsp3) is 0.222. The molecule has 24 heavy (non-hydrogen) atoms. The average Bonchev–Trinajstić information content (AvgIpc) is 3.00. The van der Waals surface area contributed by atoms with E-state index in [9.17, 15) is 9.59 Å². The van der Waals surface area contributed by atoms with Gasteiger partial charge in [-0.25, -0.2) is 4.79 Å². The number of halogens is 1. The van der Waals surface area contributed by atoms with Crippen molar-refractivity contribution in [3.63, 3.8) is 0 Å². The van der Waals surface area contributed by atoms with Crippen LogP contribution >= 0.6 is 11.6 Å². The van der Waals surface area contributed by atoms with E-state index in [0.717, 1.165) is 16.9 Å². The molecule has 5 nitrogen and oxygen atoms in total. The first-order valence-electron chi connectivity index (χ1n) is 7.81. The number of aryl methyl sites for hydroxylation is 1. The van der Waals surface area contributed by atoms with Gasteiger partial charge in [-0.3, -0.25) is 9.69 Å². The van der Waals surface area contributed by atoms with Gasteiger partial charge in [0, 0.05) is 35.9 Å². The Kier molecular flexibility index (Phi) is 5.01. The second kappa shape index (κ2) is 7.36. The summed E-state index contributed by atoms with van der Waals surface area (Å²) in [6.45, 7) is 1.31. The van der Waals surface area contributed by atoms with Crippen LogP contribution in [0.2, 0.25) is 5.02 Å². The number of carbonyl (C=O) groups is 2. The van der Waals surface area contributed by atoms with Crippen molar-refractivity contribution in [1.29, 1.82) is 0 Å². The molecule has 1 aliphatic heterocycles. The Hall–Kier alpha value is -2.53. The summed E-state index contributed by atoms with van der Waals surface area (Å²) in [6, 6.07) is 14.7. The molecule has 0 spiro atoms. The maximum Gasteiger partial charge on any atom is 0.321 e. The van der Waals surface area contributed by atoms with Gasteiger partial charge in [-0.05, 0) is 48.4 Å². The van der Waals surface area contributed by atoms with Crippen LogP contribution in [0.25, 0.3) is 0 Å². The molecule has 1 fully saturated rings. The van der Waals surface area contributed by atoms with E-state index < -0.39 is 0 Å². The second-order valence-corrected chi connectivity index (χ2v) is 6.04. The Balaban J connectivity index is 1.53. The molecule has 0 aliphatic carbocycles. The molecule has 1 aliphatic rings. The summed E-state index contributed by atoms with van der Waals surface area (Å²) in [5.41, 5.74) is 2.57. The highest BCUT2D eigenvalue weighted by atomic mass is 35.5. The first-order valence-corrected chi connectivity index (χ1v) is 8.19. The molecule has 0 saturated carbocycles. The van der Waals surface area contributed by atoms with Gasteiger partial charge in [0.2, 0.25) is 5.91 Å². The molecule has 2 aromatic carbocycles. The summed E-state index contributed by atoms with van der Waals surface area (Å²) in [7, 11) is 0. The average molecular weight is 344 g/mol. The molecule has 1 heterocycles. The van der Waals surface area contributed by atoms with Gasteiger partial charge in [-0.1, -0.05) is 23.7 Å². The third-order valence-electron chi connectivity index (χ3n) is 3.85. The first kappa shape index (κ1) is 16.3. The minimum Gasteiger partial charge on any atom is -0.336 e. The minimum atomic E-state index is -0.0895. The van der Waals surface area contributed by atoms with E-state index in [1.165, 1.54) is 0 Å². The maximum absolute atomic E-state index is 12.0. The molecule has 6 heteroatoms. The molecular weight excluding hydrogens is 326 g/mol. The summed E-state index contributed by atoms with van der Waals surface area (Å²) in [4.78, 5) is 25.3. The Bertz CT molecular complexity index is 746. The van der Waals surface area contributed by atoms with E-state index >= 15 is 0 Å². The summed E-state index contributed by atoms with van der Waals surface area (Å²) >= 11 is 5.94. The van der Waals surface area contributed by atoms with E-state index in [4.69, 9.17) is 11.6 Å². The maximum atomic E-state index is 12.0. The monoisotopic (exact) mass is 343 g/mol. The number of benzene rings is 2. The summed E-state index contributed by atoms with van der Waals surface area (Å²) in [5, 5.41) is 6.30. The Morgan fingerprint density at radius 3 is 2.67 bits per heavy atom. The molecule has 0 unspecified atom stereocenters. The molecule has 2 aromatic rings. The lowest BCUT2D eigenvalue weighted by molar-refractivity contribution is -0.116. The molecule has 2 N–H and O–H groups in total. The highest BCUT2D eigenvalue weighted by molar-refractivity contribution is 6.30. The lowest BCUT2D eigenvalue weighted by atomic mass is 10.1. The standard InChI is InChI=1S/C18H18ClN3O2/c19-14-3-1-2-13(12-14)4-9-17(23)21-15-5-7-16(8-6-15)22-11-10-20-18(22)24/h1-3,5-8,12H,4,9-11H2,(H,20,24)(H,21,23). The largest absolute Gasteiger partial charge is 0.336 e. The molecule has 1 saturated heterocycles. The highest BCUT2D eigenvalue weighted by Gasteiger charge is 2.20. The topological polar surface area (TPSA) is 61.4 Å². The van der Waals surface area contributed by atoms with Crippen LogP contribution in [0.15, 0.2) is 48.5 Å². The van der Waals surface area contributed by atoms with Crippen molar-refractivity contribution >= 4 is 34.9 Å². The number of nitrogens with one attached hydrogen (secondary N) is 2. The zero-order valence-electron chi connectivity index (χ0n) is 13.1. The minimum absolute atomic E-state index is 0.0540. The van der Waals surface area contributed by atoms with Crippen molar-refractivity contribution in [2.24, 2.45) is 0 Å². The molecule has 0 radical (unpaired) electrons. The number of carbonyl (C=O) groups excluding carboxylic acids is 2. The van der Waals surface area contributed by atoms with Crippen LogP contribution in [0, 0.1) is 0 Å². The molecule has 3 rings (SSSR count). The van der Waals surface area contributed by atoms with Crippen molar-refractivity contribution in [2.45, 2.75) is 12.8 Å². The highest BCUT2D eigenvalue weighted by Crippen LogP contribution is 2.20. The number of rotatable bonds is 5. The van der Waals surface area contributed by atoms with Gasteiger partial charge in [0.15, 0.2) is 0 Å². The van der Waals surface area contributed by atoms with E-state index in [-0.39, 0.29) is 11.9 Å². The van der Waals surface area contributed by atoms with Gasteiger partial charge in [0.1, 0.15) is 0 Å². The van der Waals surface area contributed by atoms with Crippen molar-refractivity contribution in [2.75, 3.05) is 23.3 Å². The van der Waals surface area contributed by atoms with Gasteiger partial charge in [-0.2, -0.15) is 0 Å².